The zero-order valence-electron chi connectivity index (χ0n) is 12.6. The molecule has 0 bridgehead atoms. The third-order valence-corrected chi connectivity index (χ3v) is 4.70. The Hall–Kier alpha value is -1.03. The molecule has 0 aromatic heterocycles. The first kappa shape index (κ1) is 15.4. The minimum atomic E-state index is -0.741. The highest BCUT2D eigenvalue weighted by Gasteiger charge is 2.55. The molecule has 5 heteroatoms. The van der Waals surface area contributed by atoms with Gasteiger partial charge in [0.05, 0.1) is 0 Å². The SMILES string of the molecule is CC(=CCl)CN1C(=O)C(C)(C2CC2)NC(=O)C1C(C)C. The van der Waals surface area contributed by atoms with Crippen LogP contribution in [0.15, 0.2) is 11.1 Å². The number of halogens is 1. The van der Waals surface area contributed by atoms with E-state index in [1.165, 1.54) is 5.54 Å². The number of amides is 2. The molecule has 1 heterocycles. The van der Waals surface area contributed by atoms with Crippen molar-refractivity contribution in [2.45, 2.75) is 52.1 Å². The molecule has 2 unspecified atom stereocenters. The zero-order valence-corrected chi connectivity index (χ0v) is 13.3. The fraction of sp³-hybridized carbons (Fsp3) is 0.733. The number of nitrogens with one attached hydrogen (secondary N) is 1. The molecule has 0 aromatic rings. The van der Waals surface area contributed by atoms with Crippen molar-refractivity contribution in [3.63, 3.8) is 0 Å². The highest BCUT2D eigenvalue weighted by molar-refractivity contribution is 6.25. The Bertz CT molecular complexity index is 457. The van der Waals surface area contributed by atoms with Gasteiger partial charge in [0.2, 0.25) is 11.8 Å². The summed E-state index contributed by atoms with van der Waals surface area (Å²) in [6.45, 7) is 8.07. The van der Waals surface area contributed by atoms with E-state index in [-0.39, 0.29) is 23.7 Å². The second-order valence-corrected chi connectivity index (χ2v) is 6.76. The van der Waals surface area contributed by atoms with Gasteiger partial charge in [-0.3, -0.25) is 9.59 Å². The van der Waals surface area contributed by atoms with Crippen molar-refractivity contribution in [3.8, 4) is 0 Å². The van der Waals surface area contributed by atoms with Crippen molar-refractivity contribution in [2.75, 3.05) is 6.54 Å². The third-order valence-electron chi connectivity index (χ3n) is 4.32. The molecule has 2 atom stereocenters. The molecule has 1 saturated heterocycles. The molecular formula is C15H23ClN2O2. The van der Waals surface area contributed by atoms with E-state index in [1.807, 2.05) is 27.7 Å². The monoisotopic (exact) mass is 298 g/mol. The quantitative estimate of drug-likeness (QED) is 0.865. The summed E-state index contributed by atoms with van der Waals surface area (Å²) in [5, 5.41) is 2.97. The van der Waals surface area contributed by atoms with Crippen LogP contribution in [0.3, 0.4) is 0 Å². The molecule has 2 fully saturated rings. The second kappa shape index (κ2) is 5.40. The summed E-state index contributed by atoms with van der Waals surface area (Å²) in [7, 11) is 0. The van der Waals surface area contributed by atoms with Gasteiger partial charge in [-0.1, -0.05) is 25.4 Å². The van der Waals surface area contributed by atoms with Crippen LogP contribution in [0.4, 0.5) is 0 Å². The number of piperazine rings is 1. The molecule has 1 saturated carbocycles. The smallest absolute Gasteiger partial charge is 0.249 e. The Morgan fingerprint density at radius 1 is 1.50 bits per heavy atom. The summed E-state index contributed by atoms with van der Waals surface area (Å²) in [5.41, 5.74) is 1.62. The summed E-state index contributed by atoms with van der Waals surface area (Å²) in [5.74, 6) is 0.327. The van der Waals surface area contributed by atoms with E-state index in [0.717, 1.165) is 18.4 Å². The van der Waals surface area contributed by atoms with Gasteiger partial charge in [-0.05, 0) is 44.1 Å². The molecular weight excluding hydrogens is 276 g/mol. The topological polar surface area (TPSA) is 49.4 Å². The molecule has 2 rings (SSSR count). The molecule has 0 spiro atoms. The van der Waals surface area contributed by atoms with Crippen molar-refractivity contribution in [2.24, 2.45) is 11.8 Å². The Balaban J connectivity index is 2.33. The van der Waals surface area contributed by atoms with Crippen LogP contribution in [0.25, 0.3) is 0 Å². The average Bonchev–Trinajstić information content (AvgIpc) is 3.19. The largest absolute Gasteiger partial charge is 0.340 e. The van der Waals surface area contributed by atoms with Gasteiger partial charge < -0.3 is 10.2 Å². The number of hydrogen-bond donors (Lipinski definition) is 1. The van der Waals surface area contributed by atoms with Crippen molar-refractivity contribution in [3.05, 3.63) is 11.1 Å². The highest BCUT2D eigenvalue weighted by atomic mass is 35.5. The molecule has 1 aliphatic carbocycles. The first-order valence-corrected chi connectivity index (χ1v) is 7.64. The lowest BCUT2D eigenvalue weighted by Gasteiger charge is -2.46. The van der Waals surface area contributed by atoms with Crippen LogP contribution in [0.2, 0.25) is 0 Å². The molecule has 4 nitrogen and oxygen atoms in total. The van der Waals surface area contributed by atoms with Crippen molar-refractivity contribution in [1.29, 1.82) is 0 Å². The summed E-state index contributed by atoms with van der Waals surface area (Å²) in [4.78, 5) is 27.0. The van der Waals surface area contributed by atoms with Gasteiger partial charge in [-0.2, -0.15) is 0 Å². The predicted octanol–water partition coefficient (Wildman–Crippen LogP) is 2.28. The van der Waals surface area contributed by atoms with E-state index in [2.05, 4.69) is 5.32 Å². The fourth-order valence-electron chi connectivity index (χ4n) is 3.02. The number of rotatable bonds is 4. The molecule has 1 aliphatic heterocycles. The van der Waals surface area contributed by atoms with Gasteiger partial charge in [0.25, 0.3) is 0 Å². The average molecular weight is 299 g/mol. The molecule has 20 heavy (non-hydrogen) atoms. The van der Waals surface area contributed by atoms with Gasteiger partial charge in [0.1, 0.15) is 11.6 Å². The van der Waals surface area contributed by atoms with E-state index in [4.69, 9.17) is 11.6 Å². The van der Waals surface area contributed by atoms with Gasteiger partial charge >= 0.3 is 0 Å². The maximum Gasteiger partial charge on any atom is 0.249 e. The Morgan fingerprint density at radius 2 is 2.10 bits per heavy atom. The lowest BCUT2D eigenvalue weighted by molar-refractivity contribution is -0.156. The van der Waals surface area contributed by atoms with Crippen LogP contribution in [0.5, 0.6) is 0 Å². The maximum absolute atomic E-state index is 12.9. The van der Waals surface area contributed by atoms with E-state index in [9.17, 15) is 9.59 Å². The predicted molar refractivity (Wildman–Crippen MR) is 79.2 cm³/mol. The third kappa shape index (κ3) is 2.58. The van der Waals surface area contributed by atoms with Gasteiger partial charge in [0, 0.05) is 12.1 Å². The van der Waals surface area contributed by atoms with E-state index < -0.39 is 11.6 Å². The van der Waals surface area contributed by atoms with Crippen molar-refractivity contribution in [1.82, 2.24) is 10.2 Å². The number of carbonyl (C=O) groups excluding carboxylic acids is 2. The van der Waals surface area contributed by atoms with E-state index in [1.54, 1.807) is 4.90 Å². The molecule has 2 amide bonds. The van der Waals surface area contributed by atoms with Crippen LogP contribution in [0, 0.1) is 11.8 Å². The second-order valence-electron chi connectivity index (χ2n) is 6.54. The number of hydrogen-bond acceptors (Lipinski definition) is 2. The van der Waals surface area contributed by atoms with Gasteiger partial charge in [-0.25, -0.2) is 0 Å². The van der Waals surface area contributed by atoms with Crippen LogP contribution < -0.4 is 5.32 Å². The fourth-order valence-corrected chi connectivity index (χ4v) is 3.09. The minimum Gasteiger partial charge on any atom is -0.340 e. The van der Waals surface area contributed by atoms with Crippen LogP contribution >= 0.6 is 11.6 Å². The van der Waals surface area contributed by atoms with Crippen LogP contribution in [-0.2, 0) is 9.59 Å². The summed E-state index contributed by atoms with van der Waals surface area (Å²) >= 11 is 5.73. The molecule has 1 N–H and O–H groups in total. The first-order chi connectivity index (χ1) is 9.31. The summed E-state index contributed by atoms with van der Waals surface area (Å²) < 4.78 is 0. The van der Waals surface area contributed by atoms with Crippen molar-refractivity contribution >= 4 is 23.4 Å². The molecule has 0 aromatic carbocycles. The van der Waals surface area contributed by atoms with Gasteiger partial charge in [-0.15, -0.1) is 0 Å². The number of nitrogens with zero attached hydrogens (tertiary/aromatic N) is 1. The normalized spacial score (nSPS) is 31.8. The standard InChI is InChI=1S/C15H23ClN2O2/c1-9(2)12-13(19)17-15(4,11-5-6-11)14(20)18(12)8-10(3)7-16/h7,9,11-12H,5-6,8H2,1-4H3,(H,17,19). The van der Waals surface area contributed by atoms with Crippen LogP contribution in [0.1, 0.15) is 40.5 Å². The molecule has 2 aliphatic rings. The lowest BCUT2D eigenvalue weighted by Crippen LogP contribution is -2.71. The Labute approximate surface area is 125 Å². The van der Waals surface area contributed by atoms with Gasteiger partial charge in [0.15, 0.2) is 0 Å². The van der Waals surface area contributed by atoms with E-state index >= 15 is 0 Å². The maximum atomic E-state index is 12.9. The van der Waals surface area contributed by atoms with E-state index in [0.29, 0.717) is 6.54 Å². The highest BCUT2D eigenvalue weighted by Crippen LogP contribution is 2.42. The Kier molecular flexibility index (Phi) is 4.14. The Morgan fingerprint density at radius 3 is 2.55 bits per heavy atom. The molecule has 0 radical (unpaired) electrons. The number of carbonyl (C=O) groups is 2. The van der Waals surface area contributed by atoms with Crippen molar-refractivity contribution < 1.29 is 9.59 Å². The summed E-state index contributed by atoms with van der Waals surface area (Å²) in [6, 6.07) is -0.416. The summed E-state index contributed by atoms with van der Waals surface area (Å²) in [6.07, 6.45) is 2.01. The minimum absolute atomic E-state index is 0.0242. The molecule has 112 valence electrons. The first-order valence-electron chi connectivity index (χ1n) is 7.20. The zero-order chi connectivity index (χ0) is 15.1. The van der Waals surface area contributed by atoms with Crippen LogP contribution in [-0.4, -0.2) is 34.8 Å². The lowest BCUT2D eigenvalue weighted by atomic mass is 9.86.